The van der Waals surface area contributed by atoms with Crippen molar-refractivity contribution in [2.75, 3.05) is 31.9 Å². The maximum Gasteiger partial charge on any atom is 0.318 e. The Kier molecular flexibility index (Phi) is 7.21. The molecule has 1 atom stereocenters. The predicted octanol–water partition coefficient (Wildman–Crippen LogP) is 3.36. The minimum Gasteiger partial charge on any atom is -0.460 e. The highest BCUT2D eigenvalue weighted by atomic mass is 19.1. The van der Waals surface area contributed by atoms with Crippen molar-refractivity contribution >= 4 is 12.0 Å². The first-order valence-electron chi connectivity index (χ1n) is 11.7. The average Bonchev–Trinajstić information content (AvgIpc) is 3.43. The summed E-state index contributed by atoms with van der Waals surface area (Å²) < 4.78 is 42.3. The van der Waals surface area contributed by atoms with Gasteiger partial charge in [0.25, 0.3) is 0 Å². The molecule has 5 rings (SSSR count). The van der Waals surface area contributed by atoms with Gasteiger partial charge in [0.15, 0.2) is 23.7 Å². The van der Waals surface area contributed by atoms with Gasteiger partial charge in [-0.2, -0.15) is 0 Å². The van der Waals surface area contributed by atoms with Crippen molar-refractivity contribution < 1.29 is 27.5 Å². The van der Waals surface area contributed by atoms with E-state index in [0.717, 1.165) is 24.1 Å². The zero-order chi connectivity index (χ0) is 24.9. The molecule has 0 aliphatic carbocycles. The monoisotopic (exact) mass is 500 g/mol. The van der Waals surface area contributed by atoms with Crippen LogP contribution in [0.4, 0.5) is 19.5 Å². The van der Waals surface area contributed by atoms with Gasteiger partial charge in [-0.25, -0.2) is 28.5 Å². The van der Waals surface area contributed by atoms with Crippen LogP contribution in [-0.2, 0) is 17.7 Å². The lowest BCUT2D eigenvalue weighted by molar-refractivity contribution is 0.0903. The van der Waals surface area contributed by atoms with Crippen molar-refractivity contribution in [2.45, 2.75) is 37.9 Å². The number of carbonyl (C=O) groups is 1. The molecule has 10 nitrogen and oxygen atoms in total. The summed E-state index contributed by atoms with van der Waals surface area (Å²) in [5.74, 6) is -0.114. The average molecular weight is 501 g/mol. The number of hydrogen-bond acceptors (Lipinski definition) is 8. The number of halogens is 2. The van der Waals surface area contributed by atoms with Crippen molar-refractivity contribution in [3.63, 3.8) is 0 Å². The summed E-state index contributed by atoms with van der Waals surface area (Å²) in [4.78, 5) is 27.9. The van der Waals surface area contributed by atoms with Gasteiger partial charge in [-0.1, -0.05) is 6.07 Å². The van der Waals surface area contributed by atoms with E-state index >= 15 is 0 Å². The minimum atomic E-state index is -1.15. The first kappa shape index (κ1) is 23.9. The summed E-state index contributed by atoms with van der Waals surface area (Å²) in [6.45, 7) is 1.03. The first-order valence-corrected chi connectivity index (χ1v) is 11.7. The Labute approximate surface area is 206 Å². The van der Waals surface area contributed by atoms with E-state index in [9.17, 15) is 13.6 Å². The molecular weight excluding hydrogens is 474 g/mol. The number of rotatable bonds is 7. The number of carbonyl (C=O) groups excluding carboxylic acids is 1. The third-order valence-electron chi connectivity index (χ3n) is 6.29. The molecule has 36 heavy (non-hydrogen) atoms. The second-order valence-corrected chi connectivity index (χ2v) is 8.60. The van der Waals surface area contributed by atoms with Crippen LogP contribution in [0.1, 0.15) is 41.5 Å². The smallest absolute Gasteiger partial charge is 0.318 e. The summed E-state index contributed by atoms with van der Waals surface area (Å²) >= 11 is 0. The molecule has 4 heterocycles. The number of urea groups is 1. The van der Waals surface area contributed by atoms with E-state index in [1.165, 1.54) is 30.8 Å². The molecule has 12 heteroatoms. The highest BCUT2D eigenvalue weighted by Gasteiger charge is 2.28. The molecule has 2 aliphatic rings. The number of aromatic nitrogens is 3. The van der Waals surface area contributed by atoms with Crippen LogP contribution in [0.15, 0.2) is 41.4 Å². The molecular formula is C24H26F2N6O4. The van der Waals surface area contributed by atoms with Crippen molar-refractivity contribution in [2.24, 2.45) is 0 Å². The molecule has 1 unspecified atom stereocenters. The second kappa shape index (κ2) is 10.9. The molecule has 0 bridgehead atoms. The summed E-state index contributed by atoms with van der Waals surface area (Å²) in [7, 11) is 0. The van der Waals surface area contributed by atoms with Crippen molar-refractivity contribution in [3.05, 3.63) is 65.4 Å². The molecule has 0 spiro atoms. The maximum atomic E-state index is 14.4. The van der Waals surface area contributed by atoms with Crippen molar-refractivity contribution in [1.29, 1.82) is 0 Å². The number of alkyl halides is 1. The largest absolute Gasteiger partial charge is 0.460 e. The van der Waals surface area contributed by atoms with E-state index in [4.69, 9.17) is 9.15 Å². The highest BCUT2D eigenvalue weighted by molar-refractivity contribution is 5.75. The molecule has 2 aliphatic heterocycles. The molecule has 0 radical (unpaired) electrons. The zero-order valence-electron chi connectivity index (χ0n) is 19.5. The van der Waals surface area contributed by atoms with Crippen LogP contribution in [0, 0.1) is 5.82 Å². The minimum absolute atomic E-state index is 0.221. The van der Waals surface area contributed by atoms with Gasteiger partial charge in [0.2, 0.25) is 12.8 Å². The topological polar surface area (TPSA) is 115 Å². The Morgan fingerprint density at radius 3 is 2.89 bits per heavy atom. The summed E-state index contributed by atoms with van der Waals surface area (Å²) in [5, 5.41) is 6.25. The van der Waals surface area contributed by atoms with Crippen LogP contribution < -0.4 is 15.4 Å². The van der Waals surface area contributed by atoms with E-state index in [1.807, 2.05) is 0 Å². The lowest BCUT2D eigenvalue weighted by Crippen LogP contribution is -2.44. The Bertz CT molecular complexity index is 1190. The Morgan fingerprint density at radius 1 is 1.28 bits per heavy atom. The zero-order valence-corrected chi connectivity index (χ0v) is 19.5. The van der Waals surface area contributed by atoms with E-state index < -0.39 is 18.7 Å². The molecule has 190 valence electrons. The van der Waals surface area contributed by atoms with Crippen LogP contribution in [0.2, 0.25) is 0 Å². The number of hydrogen-bond donors (Lipinski definition) is 2. The normalized spacial score (nSPS) is 16.8. The van der Waals surface area contributed by atoms with Crippen LogP contribution >= 0.6 is 0 Å². The number of anilines is 1. The fourth-order valence-corrected chi connectivity index (χ4v) is 4.34. The number of benzene rings is 1. The Balaban J connectivity index is 1.30. The van der Waals surface area contributed by atoms with Crippen LogP contribution in [0.25, 0.3) is 0 Å². The third kappa shape index (κ3) is 5.38. The molecule has 0 saturated carbocycles. The summed E-state index contributed by atoms with van der Waals surface area (Å²) in [6.07, 6.45) is 6.87. The Morgan fingerprint density at radius 2 is 2.14 bits per heavy atom. The Hall–Kier alpha value is -3.80. The molecule has 3 aromatic rings. The van der Waals surface area contributed by atoms with Gasteiger partial charge < -0.3 is 29.4 Å². The lowest BCUT2D eigenvalue weighted by atomic mass is 10.0. The number of oxazole rings is 1. The number of amides is 2. The number of ether oxygens (including phenoxy) is 2. The first-order chi connectivity index (χ1) is 17.6. The van der Waals surface area contributed by atoms with Crippen LogP contribution in [0.3, 0.4) is 0 Å². The van der Waals surface area contributed by atoms with Crippen molar-refractivity contribution in [1.82, 2.24) is 25.2 Å². The number of fused-ring (bicyclic) bond motifs is 1. The van der Waals surface area contributed by atoms with Gasteiger partial charge in [0, 0.05) is 32.0 Å². The highest BCUT2D eigenvalue weighted by Crippen LogP contribution is 2.28. The quantitative estimate of drug-likeness (QED) is 0.508. The van der Waals surface area contributed by atoms with Gasteiger partial charge in [0.05, 0.1) is 18.4 Å². The van der Waals surface area contributed by atoms with Gasteiger partial charge in [-0.3, -0.25) is 0 Å². The second-order valence-electron chi connectivity index (χ2n) is 8.60. The molecule has 2 N–H and O–H groups in total. The standard InChI is InChI=1S/C24H26F2N6O4/c25-13-35-20-2-1-15(9-18(20)26)22(21-11-27-14-36-21)31-24(33)32-6-3-16-10-28-23(30-19(16)12-32)29-17-4-7-34-8-5-17/h1-2,9-11,14,17,22H,3-8,12-13H2,(H,31,33)(H,28,29,30). The molecule has 1 aromatic carbocycles. The van der Waals surface area contributed by atoms with E-state index in [0.29, 0.717) is 50.0 Å². The molecule has 1 saturated heterocycles. The lowest BCUT2D eigenvalue weighted by Gasteiger charge is -2.30. The SMILES string of the molecule is O=C(NC(c1ccc(OCF)c(F)c1)c1cnco1)N1CCc2cnc(NC3CCOCC3)nc2C1. The van der Waals surface area contributed by atoms with Gasteiger partial charge in [0.1, 0.15) is 6.04 Å². The molecule has 2 aromatic heterocycles. The van der Waals surface area contributed by atoms with Crippen molar-refractivity contribution in [3.8, 4) is 5.75 Å². The fraction of sp³-hybridized carbons (Fsp3) is 0.417. The predicted molar refractivity (Wildman–Crippen MR) is 123 cm³/mol. The number of nitrogens with zero attached hydrogens (tertiary/aromatic N) is 4. The fourth-order valence-electron chi connectivity index (χ4n) is 4.34. The van der Waals surface area contributed by atoms with E-state index in [-0.39, 0.29) is 17.8 Å². The number of nitrogens with one attached hydrogen (secondary N) is 2. The molecule has 1 fully saturated rings. The van der Waals surface area contributed by atoms with E-state index in [2.05, 4.69) is 30.3 Å². The van der Waals surface area contributed by atoms with E-state index in [1.54, 1.807) is 11.1 Å². The van der Waals surface area contributed by atoms with Crippen LogP contribution in [-0.4, -0.2) is 58.5 Å². The van der Waals surface area contributed by atoms with Gasteiger partial charge >= 0.3 is 6.03 Å². The maximum absolute atomic E-state index is 14.4. The third-order valence-corrected chi connectivity index (χ3v) is 6.29. The molecule has 2 amide bonds. The van der Waals surface area contributed by atoms with Crippen LogP contribution in [0.5, 0.6) is 5.75 Å². The summed E-state index contributed by atoms with van der Waals surface area (Å²) in [6, 6.07) is 3.08. The van der Waals surface area contributed by atoms with Gasteiger partial charge in [-0.05, 0) is 42.5 Å². The van der Waals surface area contributed by atoms with Gasteiger partial charge in [-0.15, -0.1) is 0 Å². The summed E-state index contributed by atoms with van der Waals surface area (Å²) in [5.41, 5.74) is 2.16.